The number of hydrogen-bond donors (Lipinski definition) is 1. The Morgan fingerprint density at radius 2 is 1.70 bits per heavy atom. The first-order chi connectivity index (χ1) is 17.6. The highest BCUT2D eigenvalue weighted by molar-refractivity contribution is 7.92. The van der Waals surface area contributed by atoms with Crippen LogP contribution in [0.3, 0.4) is 0 Å². The largest absolute Gasteiger partial charge is 0.352 e. The number of hydrogen-bond acceptors (Lipinski definition) is 4. The van der Waals surface area contributed by atoms with Crippen LogP contribution >= 0.6 is 11.6 Å². The fourth-order valence-corrected chi connectivity index (χ4v) is 5.90. The quantitative estimate of drug-likeness (QED) is 0.424. The van der Waals surface area contributed by atoms with Gasteiger partial charge in [0.1, 0.15) is 12.6 Å². The smallest absolute Gasteiger partial charge is 0.244 e. The van der Waals surface area contributed by atoms with Gasteiger partial charge in [-0.15, -0.1) is 0 Å². The van der Waals surface area contributed by atoms with Gasteiger partial charge in [-0.25, -0.2) is 8.42 Å². The maximum absolute atomic E-state index is 13.8. The lowest BCUT2D eigenvalue weighted by Gasteiger charge is -2.32. The van der Waals surface area contributed by atoms with E-state index in [2.05, 4.69) is 5.32 Å². The summed E-state index contributed by atoms with van der Waals surface area (Å²) in [7, 11) is -3.82. The molecule has 2 amide bonds. The first-order valence-corrected chi connectivity index (χ1v) is 14.7. The second-order valence-corrected chi connectivity index (χ2v) is 11.9. The maximum Gasteiger partial charge on any atom is 0.244 e. The number of fused-ring (bicyclic) bond motifs is 1. The molecule has 0 heterocycles. The molecule has 0 spiro atoms. The summed E-state index contributed by atoms with van der Waals surface area (Å²) in [6.07, 6.45) is 5.06. The fraction of sp³-hybridized carbons (Fsp3) is 0.357. The Morgan fingerprint density at radius 3 is 2.41 bits per heavy atom. The fourth-order valence-electron chi connectivity index (χ4n) is 4.83. The molecule has 1 aliphatic carbocycles. The molecule has 1 aliphatic rings. The first kappa shape index (κ1) is 26.9. The van der Waals surface area contributed by atoms with Crippen molar-refractivity contribution in [2.75, 3.05) is 17.1 Å². The molecule has 1 atom stereocenters. The normalized spacial score (nSPS) is 14.9. The van der Waals surface area contributed by atoms with Crippen molar-refractivity contribution in [3.8, 4) is 0 Å². The molecule has 0 aliphatic heterocycles. The molecule has 4 rings (SSSR count). The van der Waals surface area contributed by atoms with Gasteiger partial charge >= 0.3 is 0 Å². The van der Waals surface area contributed by atoms with Crippen molar-refractivity contribution in [1.29, 1.82) is 0 Å². The van der Waals surface area contributed by atoms with E-state index >= 15 is 0 Å². The lowest BCUT2D eigenvalue weighted by molar-refractivity contribution is -0.139. The lowest BCUT2D eigenvalue weighted by atomic mass is 10.1. The first-order valence-electron chi connectivity index (χ1n) is 12.4. The van der Waals surface area contributed by atoms with Gasteiger partial charge in [0.15, 0.2) is 0 Å². The number of halogens is 1. The number of nitrogens with one attached hydrogen (secondary N) is 1. The molecule has 196 valence electrons. The predicted octanol–water partition coefficient (Wildman–Crippen LogP) is 4.74. The van der Waals surface area contributed by atoms with Crippen molar-refractivity contribution in [3.05, 3.63) is 77.3 Å². The molecule has 0 bridgehead atoms. The van der Waals surface area contributed by atoms with Gasteiger partial charge in [-0.05, 0) is 48.9 Å². The van der Waals surface area contributed by atoms with Crippen LogP contribution in [0.25, 0.3) is 10.8 Å². The molecule has 0 aromatic heterocycles. The van der Waals surface area contributed by atoms with Crippen LogP contribution in [-0.4, -0.2) is 50.0 Å². The summed E-state index contributed by atoms with van der Waals surface area (Å²) in [4.78, 5) is 28.4. The standard InChI is InChI=1S/C28H32ClN3O4S/c1-20(28(34)30-24-13-4-5-14-24)31(18-21-9-7-12-23(29)17-21)27(33)19-32(37(2,35)36)26-16-8-11-22-10-3-6-15-25(22)26/h3,6-12,15-17,20,24H,4-5,13-14,18-19H2,1-2H3,(H,30,34)/t20-/m0/s1. The second-order valence-electron chi connectivity index (χ2n) is 9.59. The van der Waals surface area contributed by atoms with Crippen molar-refractivity contribution < 1.29 is 18.0 Å². The Balaban J connectivity index is 1.66. The minimum Gasteiger partial charge on any atom is -0.352 e. The van der Waals surface area contributed by atoms with Crippen LogP contribution in [0.15, 0.2) is 66.7 Å². The number of sulfonamides is 1. The molecule has 1 fully saturated rings. The third-order valence-corrected chi connectivity index (χ3v) is 8.19. The summed E-state index contributed by atoms with van der Waals surface area (Å²) < 4.78 is 27.0. The molecular weight excluding hydrogens is 510 g/mol. The Bertz CT molecular complexity index is 1380. The molecule has 1 N–H and O–H groups in total. The molecule has 0 radical (unpaired) electrons. The van der Waals surface area contributed by atoms with E-state index < -0.39 is 28.5 Å². The average molecular weight is 542 g/mol. The second kappa shape index (κ2) is 11.5. The topological polar surface area (TPSA) is 86.8 Å². The highest BCUT2D eigenvalue weighted by Crippen LogP contribution is 2.29. The molecule has 7 nitrogen and oxygen atoms in total. The van der Waals surface area contributed by atoms with Gasteiger partial charge in [-0.2, -0.15) is 0 Å². The third kappa shape index (κ3) is 6.62. The zero-order valence-electron chi connectivity index (χ0n) is 21.1. The number of carbonyl (C=O) groups is 2. The van der Waals surface area contributed by atoms with Gasteiger partial charge < -0.3 is 10.2 Å². The SMILES string of the molecule is C[C@@H](C(=O)NC1CCCC1)N(Cc1cccc(Cl)c1)C(=O)CN(c1cccc2ccccc12)S(C)(=O)=O. The van der Waals surface area contributed by atoms with Crippen molar-refractivity contribution in [2.24, 2.45) is 0 Å². The molecule has 1 saturated carbocycles. The molecular formula is C28H32ClN3O4S. The van der Waals surface area contributed by atoms with Gasteiger partial charge in [0.05, 0.1) is 11.9 Å². The van der Waals surface area contributed by atoms with E-state index in [1.54, 1.807) is 37.3 Å². The van der Waals surface area contributed by atoms with Crippen LogP contribution in [0.4, 0.5) is 5.69 Å². The summed E-state index contributed by atoms with van der Waals surface area (Å²) in [5, 5.41) is 5.16. The number of carbonyl (C=O) groups excluding carboxylic acids is 2. The third-order valence-electron chi connectivity index (χ3n) is 6.83. The van der Waals surface area contributed by atoms with Crippen LogP contribution < -0.4 is 9.62 Å². The monoisotopic (exact) mass is 541 g/mol. The van der Waals surface area contributed by atoms with E-state index in [9.17, 15) is 18.0 Å². The van der Waals surface area contributed by atoms with Crippen LogP contribution in [0.5, 0.6) is 0 Å². The van der Waals surface area contributed by atoms with Crippen molar-refractivity contribution >= 4 is 49.9 Å². The molecule has 37 heavy (non-hydrogen) atoms. The Labute approximate surface area is 223 Å². The Kier molecular flexibility index (Phi) is 8.39. The highest BCUT2D eigenvalue weighted by Gasteiger charge is 2.31. The predicted molar refractivity (Wildman–Crippen MR) is 148 cm³/mol. The number of anilines is 1. The van der Waals surface area contributed by atoms with E-state index in [0.29, 0.717) is 10.7 Å². The maximum atomic E-state index is 13.8. The summed E-state index contributed by atoms with van der Waals surface area (Å²) >= 11 is 6.17. The van der Waals surface area contributed by atoms with Gasteiger partial charge in [0, 0.05) is 23.0 Å². The lowest BCUT2D eigenvalue weighted by Crippen LogP contribution is -2.52. The van der Waals surface area contributed by atoms with Crippen LogP contribution in [0, 0.1) is 0 Å². The van der Waals surface area contributed by atoms with Gasteiger partial charge in [0.25, 0.3) is 0 Å². The van der Waals surface area contributed by atoms with Crippen molar-refractivity contribution in [2.45, 2.75) is 51.2 Å². The minimum absolute atomic E-state index is 0.0984. The molecule has 0 saturated heterocycles. The van der Waals surface area contributed by atoms with Crippen molar-refractivity contribution in [1.82, 2.24) is 10.2 Å². The van der Waals surface area contributed by atoms with E-state index in [-0.39, 0.29) is 18.5 Å². The number of rotatable bonds is 9. The molecule has 0 unspecified atom stereocenters. The zero-order chi connectivity index (χ0) is 26.6. The zero-order valence-corrected chi connectivity index (χ0v) is 22.6. The highest BCUT2D eigenvalue weighted by atomic mass is 35.5. The summed E-state index contributed by atoms with van der Waals surface area (Å²) in [5.41, 5.74) is 1.16. The average Bonchev–Trinajstić information content (AvgIpc) is 3.37. The number of nitrogens with zero attached hydrogens (tertiary/aromatic N) is 2. The van der Waals surface area contributed by atoms with Crippen LogP contribution in [0.1, 0.15) is 38.2 Å². The summed E-state index contributed by atoms with van der Waals surface area (Å²) in [6.45, 7) is 1.36. The molecule has 3 aromatic rings. The Hall–Kier alpha value is -3.10. The number of benzene rings is 3. The molecule has 9 heteroatoms. The van der Waals surface area contributed by atoms with Crippen LogP contribution in [-0.2, 0) is 26.2 Å². The van der Waals surface area contributed by atoms with Crippen LogP contribution in [0.2, 0.25) is 5.02 Å². The Morgan fingerprint density at radius 1 is 1.03 bits per heavy atom. The van der Waals surface area contributed by atoms with Gasteiger partial charge in [0.2, 0.25) is 21.8 Å². The minimum atomic E-state index is -3.82. The van der Waals surface area contributed by atoms with E-state index in [0.717, 1.165) is 52.6 Å². The van der Waals surface area contributed by atoms with E-state index in [1.807, 2.05) is 36.4 Å². The van der Waals surface area contributed by atoms with E-state index in [1.165, 1.54) is 4.90 Å². The summed E-state index contributed by atoms with van der Waals surface area (Å²) in [6, 6.07) is 19.1. The summed E-state index contributed by atoms with van der Waals surface area (Å²) in [5.74, 6) is -0.731. The van der Waals surface area contributed by atoms with E-state index in [4.69, 9.17) is 11.6 Å². The van der Waals surface area contributed by atoms with Crippen molar-refractivity contribution in [3.63, 3.8) is 0 Å². The molecule has 3 aromatic carbocycles. The number of amides is 2. The van der Waals surface area contributed by atoms with Gasteiger partial charge in [-0.3, -0.25) is 13.9 Å². The van der Waals surface area contributed by atoms with Gasteiger partial charge in [-0.1, -0.05) is 73.0 Å².